The summed E-state index contributed by atoms with van der Waals surface area (Å²) in [6.07, 6.45) is 0. The third-order valence-corrected chi connectivity index (χ3v) is 2.06. The van der Waals surface area contributed by atoms with Gasteiger partial charge in [0.2, 0.25) is 0 Å². The van der Waals surface area contributed by atoms with Crippen LogP contribution in [0.3, 0.4) is 0 Å². The molecule has 1 unspecified atom stereocenters. The SMILES string of the molecule is NC(CO)c1[nH]nc2ccccc12. The number of hydrogen-bond acceptors (Lipinski definition) is 3. The van der Waals surface area contributed by atoms with E-state index in [1.54, 1.807) is 0 Å². The number of aliphatic hydroxyl groups excluding tert-OH is 1. The number of rotatable bonds is 2. The average molecular weight is 177 g/mol. The number of aromatic nitrogens is 2. The van der Waals surface area contributed by atoms with Crippen molar-refractivity contribution in [3.63, 3.8) is 0 Å². The quantitative estimate of drug-likeness (QED) is 0.627. The van der Waals surface area contributed by atoms with Crippen LogP contribution in [-0.4, -0.2) is 21.9 Å². The summed E-state index contributed by atoms with van der Waals surface area (Å²) in [5.41, 5.74) is 7.35. The van der Waals surface area contributed by atoms with Gasteiger partial charge in [-0.3, -0.25) is 5.10 Å². The Morgan fingerprint density at radius 1 is 1.46 bits per heavy atom. The van der Waals surface area contributed by atoms with Crippen molar-refractivity contribution < 1.29 is 5.11 Å². The van der Waals surface area contributed by atoms with Gasteiger partial charge in [0.25, 0.3) is 0 Å². The van der Waals surface area contributed by atoms with Crippen LogP contribution < -0.4 is 5.73 Å². The summed E-state index contributed by atoms with van der Waals surface area (Å²) in [4.78, 5) is 0. The lowest BCUT2D eigenvalue weighted by Crippen LogP contribution is -2.15. The Morgan fingerprint density at radius 2 is 2.23 bits per heavy atom. The number of H-pyrrole nitrogens is 1. The van der Waals surface area contributed by atoms with E-state index in [4.69, 9.17) is 10.8 Å². The Balaban J connectivity index is 2.57. The van der Waals surface area contributed by atoms with E-state index in [0.717, 1.165) is 16.6 Å². The topological polar surface area (TPSA) is 74.9 Å². The second-order valence-corrected chi connectivity index (χ2v) is 2.94. The molecule has 0 saturated carbocycles. The van der Waals surface area contributed by atoms with E-state index in [1.807, 2.05) is 24.3 Å². The van der Waals surface area contributed by atoms with E-state index in [9.17, 15) is 0 Å². The minimum absolute atomic E-state index is 0.0772. The molecule has 68 valence electrons. The summed E-state index contributed by atoms with van der Waals surface area (Å²) in [6, 6.07) is 7.29. The van der Waals surface area contributed by atoms with Crippen LogP contribution >= 0.6 is 0 Å². The van der Waals surface area contributed by atoms with Crippen molar-refractivity contribution in [2.24, 2.45) is 5.73 Å². The van der Waals surface area contributed by atoms with Gasteiger partial charge in [-0.2, -0.15) is 5.10 Å². The summed E-state index contributed by atoms with van der Waals surface area (Å²) in [6.45, 7) is -0.0772. The summed E-state index contributed by atoms with van der Waals surface area (Å²) < 4.78 is 0. The fourth-order valence-corrected chi connectivity index (χ4v) is 1.35. The van der Waals surface area contributed by atoms with Crippen molar-refractivity contribution in [1.82, 2.24) is 10.2 Å². The normalized spacial score (nSPS) is 13.4. The fraction of sp³-hybridized carbons (Fsp3) is 0.222. The molecule has 0 bridgehead atoms. The molecule has 4 heteroatoms. The lowest BCUT2D eigenvalue weighted by molar-refractivity contribution is 0.266. The van der Waals surface area contributed by atoms with Gasteiger partial charge in [-0.25, -0.2) is 0 Å². The highest BCUT2D eigenvalue weighted by Gasteiger charge is 2.10. The molecule has 1 atom stereocenters. The third kappa shape index (κ3) is 1.30. The van der Waals surface area contributed by atoms with Crippen molar-refractivity contribution >= 4 is 10.9 Å². The van der Waals surface area contributed by atoms with Gasteiger partial charge >= 0.3 is 0 Å². The van der Waals surface area contributed by atoms with Crippen LogP contribution in [0.2, 0.25) is 0 Å². The third-order valence-electron chi connectivity index (χ3n) is 2.06. The highest BCUT2D eigenvalue weighted by Crippen LogP contribution is 2.19. The number of aliphatic hydroxyl groups is 1. The van der Waals surface area contributed by atoms with Gasteiger partial charge in [0, 0.05) is 5.39 Å². The first-order valence-electron chi connectivity index (χ1n) is 4.12. The highest BCUT2D eigenvalue weighted by atomic mass is 16.3. The van der Waals surface area contributed by atoms with Crippen molar-refractivity contribution in [2.45, 2.75) is 6.04 Å². The number of para-hydroxylation sites is 1. The van der Waals surface area contributed by atoms with E-state index in [2.05, 4.69) is 10.2 Å². The molecule has 4 N–H and O–H groups in total. The molecule has 0 aliphatic rings. The molecule has 0 fully saturated rings. The maximum Gasteiger partial charge on any atom is 0.0924 e. The Bertz CT molecular complexity index is 410. The molecule has 0 radical (unpaired) electrons. The van der Waals surface area contributed by atoms with Crippen LogP contribution in [0, 0.1) is 0 Å². The zero-order chi connectivity index (χ0) is 9.26. The van der Waals surface area contributed by atoms with E-state index in [0.29, 0.717) is 0 Å². The molecule has 0 aliphatic heterocycles. The molecule has 2 rings (SSSR count). The summed E-state index contributed by atoms with van der Waals surface area (Å²) in [5, 5.41) is 16.8. The van der Waals surface area contributed by atoms with Gasteiger partial charge in [0.1, 0.15) is 0 Å². The van der Waals surface area contributed by atoms with Crippen molar-refractivity contribution in [3.05, 3.63) is 30.0 Å². The number of nitrogens with zero attached hydrogens (tertiary/aromatic N) is 1. The number of hydrogen-bond donors (Lipinski definition) is 3. The maximum absolute atomic E-state index is 8.89. The van der Waals surface area contributed by atoms with Crippen LogP contribution in [0.25, 0.3) is 10.9 Å². The second kappa shape index (κ2) is 3.16. The summed E-state index contributed by atoms with van der Waals surface area (Å²) in [7, 11) is 0. The molecule has 1 heterocycles. The number of aromatic amines is 1. The molecule has 0 spiro atoms. The van der Waals surface area contributed by atoms with Gasteiger partial charge in [-0.1, -0.05) is 18.2 Å². The van der Waals surface area contributed by atoms with Crippen LogP contribution in [0.5, 0.6) is 0 Å². The van der Waals surface area contributed by atoms with Crippen molar-refractivity contribution in [1.29, 1.82) is 0 Å². The minimum atomic E-state index is -0.382. The molecule has 1 aromatic carbocycles. The standard InChI is InChI=1S/C9H11N3O/c10-7(5-13)9-6-3-1-2-4-8(6)11-12-9/h1-4,7,13H,5,10H2,(H,11,12). The van der Waals surface area contributed by atoms with Gasteiger partial charge in [-0.15, -0.1) is 0 Å². The van der Waals surface area contributed by atoms with E-state index >= 15 is 0 Å². The minimum Gasteiger partial charge on any atom is -0.394 e. The number of nitrogens with two attached hydrogens (primary N) is 1. The molecule has 0 amide bonds. The molecule has 0 saturated heterocycles. The van der Waals surface area contributed by atoms with E-state index < -0.39 is 0 Å². The predicted molar refractivity (Wildman–Crippen MR) is 50.1 cm³/mol. The first-order valence-corrected chi connectivity index (χ1v) is 4.12. The zero-order valence-corrected chi connectivity index (χ0v) is 7.07. The molecule has 13 heavy (non-hydrogen) atoms. The van der Waals surface area contributed by atoms with E-state index in [1.165, 1.54) is 0 Å². The van der Waals surface area contributed by atoms with Crippen LogP contribution in [0.4, 0.5) is 0 Å². The lowest BCUT2D eigenvalue weighted by Gasteiger charge is -2.04. The molecule has 4 nitrogen and oxygen atoms in total. The van der Waals surface area contributed by atoms with Crippen molar-refractivity contribution in [2.75, 3.05) is 6.61 Å². The molecule has 0 aliphatic carbocycles. The average Bonchev–Trinajstić information content (AvgIpc) is 2.60. The van der Waals surface area contributed by atoms with Gasteiger partial charge in [0.15, 0.2) is 0 Å². The van der Waals surface area contributed by atoms with Gasteiger partial charge in [-0.05, 0) is 6.07 Å². The first-order chi connectivity index (χ1) is 6.33. The maximum atomic E-state index is 8.89. The van der Waals surface area contributed by atoms with E-state index in [-0.39, 0.29) is 12.6 Å². The number of nitrogens with one attached hydrogen (secondary N) is 1. The zero-order valence-electron chi connectivity index (χ0n) is 7.07. The van der Waals surface area contributed by atoms with Gasteiger partial charge in [0.05, 0.1) is 23.9 Å². The second-order valence-electron chi connectivity index (χ2n) is 2.94. The Kier molecular flexibility index (Phi) is 2.00. The smallest absolute Gasteiger partial charge is 0.0924 e. The number of fused-ring (bicyclic) bond motifs is 1. The molecule has 2 aromatic rings. The predicted octanol–water partition coefficient (Wildman–Crippen LogP) is 0.555. The Hall–Kier alpha value is -1.39. The van der Waals surface area contributed by atoms with Gasteiger partial charge < -0.3 is 10.8 Å². The monoisotopic (exact) mass is 177 g/mol. The van der Waals surface area contributed by atoms with Crippen LogP contribution in [0.1, 0.15) is 11.7 Å². The first kappa shape index (κ1) is 8.22. The largest absolute Gasteiger partial charge is 0.394 e. The highest BCUT2D eigenvalue weighted by molar-refractivity contribution is 5.81. The molecular formula is C9H11N3O. The van der Waals surface area contributed by atoms with Crippen LogP contribution in [0.15, 0.2) is 24.3 Å². The Labute approximate surface area is 75.4 Å². The van der Waals surface area contributed by atoms with Crippen molar-refractivity contribution in [3.8, 4) is 0 Å². The lowest BCUT2D eigenvalue weighted by atomic mass is 10.1. The fourth-order valence-electron chi connectivity index (χ4n) is 1.35. The summed E-state index contributed by atoms with van der Waals surface area (Å²) >= 11 is 0. The molecule has 1 aromatic heterocycles. The molecular weight excluding hydrogens is 166 g/mol. The summed E-state index contributed by atoms with van der Waals surface area (Å²) in [5.74, 6) is 0. The van der Waals surface area contributed by atoms with Crippen LogP contribution in [-0.2, 0) is 0 Å². The Morgan fingerprint density at radius 3 is 3.00 bits per heavy atom. The number of benzene rings is 1.